The molecule has 25 heavy (non-hydrogen) atoms. The highest BCUT2D eigenvalue weighted by molar-refractivity contribution is 8.04. The third kappa shape index (κ3) is 3.04. The maximum Gasteiger partial charge on any atom is 0.140 e. The molecule has 0 radical (unpaired) electrons. The first-order valence-electron chi connectivity index (χ1n) is 8.36. The molecular formula is C19H22N4S2. The fourth-order valence-corrected chi connectivity index (χ4v) is 5.09. The van der Waals surface area contributed by atoms with Crippen molar-refractivity contribution in [2.45, 2.75) is 25.1 Å². The van der Waals surface area contributed by atoms with E-state index in [1.807, 2.05) is 24.9 Å². The Morgan fingerprint density at radius 3 is 2.80 bits per heavy atom. The number of fused-ring (bicyclic) bond motifs is 1. The van der Waals surface area contributed by atoms with Crippen LogP contribution < -0.4 is 5.32 Å². The molecule has 2 aromatic heterocycles. The lowest BCUT2D eigenvalue weighted by molar-refractivity contribution is 0.727. The van der Waals surface area contributed by atoms with Crippen molar-refractivity contribution in [3.05, 3.63) is 57.3 Å². The zero-order chi connectivity index (χ0) is 17.4. The molecule has 0 amide bonds. The van der Waals surface area contributed by atoms with Gasteiger partial charge in [-0.05, 0) is 29.5 Å². The van der Waals surface area contributed by atoms with E-state index in [4.69, 9.17) is 4.99 Å². The van der Waals surface area contributed by atoms with Gasteiger partial charge >= 0.3 is 0 Å². The summed E-state index contributed by atoms with van der Waals surface area (Å²) in [6, 6.07) is 8.11. The van der Waals surface area contributed by atoms with Gasteiger partial charge in [-0.3, -0.25) is 9.98 Å². The second kappa shape index (κ2) is 6.77. The van der Waals surface area contributed by atoms with Gasteiger partial charge in [0.25, 0.3) is 0 Å². The lowest BCUT2D eigenvalue weighted by Crippen LogP contribution is -2.27. The van der Waals surface area contributed by atoms with Gasteiger partial charge in [0.05, 0.1) is 10.6 Å². The van der Waals surface area contributed by atoms with Crippen molar-refractivity contribution in [3.8, 4) is 0 Å². The Morgan fingerprint density at radius 2 is 2.12 bits per heavy atom. The summed E-state index contributed by atoms with van der Waals surface area (Å²) in [7, 11) is 1.82. The molecule has 0 saturated heterocycles. The van der Waals surface area contributed by atoms with Gasteiger partial charge in [-0.15, -0.1) is 23.1 Å². The van der Waals surface area contributed by atoms with Crippen molar-refractivity contribution in [3.63, 3.8) is 0 Å². The number of thioether (sulfide) groups is 1. The van der Waals surface area contributed by atoms with Gasteiger partial charge in [-0.2, -0.15) is 0 Å². The van der Waals surface area contributed by atoms with Gasteiger partial charge < -0.3 is 5.32 Å². The second-order valence-corrected chi connectivity index (χ2v) is 8.64. The lowest BCUT2D eigenvalue weighted by Gasteiger charge is -2.16. The predicted molar refractivity (Wildman–Crippen MR) is 111 cm³/mol. The van der Waals surface area contributed by atoms with Crippen LogP contribution in [0.1, 0.15) is 25.7 Å². The highest BCUT2D eigenvalue weighted by Crippen LogP contribution is 2.40. The minimum atomic E-state index is -0.103. The minimum absolute atomic E-state index is 0. The fraction of sp³-hybridized carbons (Fsp3) is 0.316. The lowest BCUT2D eigenvalue weighted by atomic mass is 10.1. The van der Waals surface area contributed by atoms with E-state index in [1.165, 1.54) is 4.91 Å². The van der Waals surface area contributed by atoms with E-state index in [2.05, 4.69) is 58.8 Å². The molecule has 130 valence electrons. The number of hydrogen-bond donors (Lipinski definition) is 1. The van der Waals surface area contributed by atoms with E-state index in [1.54, 1.807) is 17.5 Å². The molecule has 0 fully saturated rings. The Balaban J connectivity index is 0.00000196. The van der Waals surface area contributed by atoms with E-state index in [-0.39, 0.29) is 7.47 Å². The molecule has 2 aromatic rings. The summed E-state index contributed by atoms with van der Waals surface area (Å²) in [6.07, 6.45) is 4.14. The number of nitrogens with one attached hydrogen (secondary N) is 1. The van der Waals surface area contributed by atoms with Gasteiger partial charge in [0.2, 0.25) is 0 Å². The summed E-state index contributed by atoms with van der Waals surface area (Å²) in [5.74, 6) is 2.22. The van der Waals surface area contributed by atoms with Gasteiger partial charge in [-0.25, -0.2) is 4.98 Å². The highest BCUT2D eigenvalue weighted by Gasteiger charge is 2.32. The zero-order valence-corrected chi connectivity index (χ0v) is 16.1. The smallest absolute Gasteiger partial charge is 0.140 e. The molecule has 0 spiro atoms. The van der Waals surface area contributed by atoms with Crippen molar-refractivity contribution in [2.75, 3.05) is 12.4 Å². The van der Waals surface area contributed by atoms with Crippen LogP contribution in [0.15, 0.2) is 56.8 Å². The van der Waals surface area contributed by atoms with Crippen molar-refractivity contribution >= 4 is 40.5 Å². The molecule has 6 heteroatoms. The molecular weight excluding hydrogens is 348 g/mol. The first-order chi connectivity index (χ1) is 12.2. The predicted octanol–water partition coefficient (Wildman–Crippen LogP) is 4.70. The van der Waals surface area contributed by atoms with Crippen LogP contribution in [0, 0.1) is 5.92 Å². The normalized spacial score (nSPS) is 27.3. The Kier molecular flexibility index (Phi) is 4.48. The molecule has 3 unspecified atom stereocenters. The molecule has 2 aliphatic rings. The quantitative estimate of drug-likeness (QED) is 0.833. The van der Waals surface area contributed by atoms with Crippen LogP contribution in [0.25, 0.3) is 0 Å². The maximum atomic E-state index is 5.17. The number of rotatable bonds is 2. The van der Waals surface area contributed by atoms with Gasteiger partial charge in [0, 0.05) is 30.4 Å². The molecule has 0 saturated carbocycles. The number of nitrogens with zero attached hydrogens (tertiary/aromatic N) is 3. The first-order valence-corrected chi connectivity index (χ1v) is 10.1. The average Bonchev–Trinajstić information content (AvgIpc) is 3.22. The van der Waals surface area contributed by atoms with Crippen molar-refractivity contribution in [1.29, 1.82) is 0 Å². The Morgan fingerprint density at radius 1 is 1.24 bits per heavy atom. The Hall–Kier alpha value is -1.92. The molecule has 2 aliphatic heterocycles. The van der Waals surface area contributed by atoms with Crippen LogP contribution >= 0.6 is 23.1 Å². The summed E-state index contributed by atoms with van der Waals surface area (Å²) in [4.78, 5) is 16.6. The van der Waals surface area contributed by atoms with Crippen LogP contribution in [0.5, 0.6) is 0 Å². The minimum Gasteiger partial charge on any atom is -0.326 e. The number of thiophene rings is 1. The van der Waals surface area contributed by atoms with E-state index < -0.39 is 0 Å². The van der Waals surface area contributed by atoms with Crippen LogP contribution in [0.4, 0.5) is 5.82 Å². The number of hydrogen-bond acceptors (Lipinski definition) is 5. The molecule has 4 nitrogen and oxygen atoms in total. The highest BCUT2D eigenvalue weighted by atomic mass is 32.2. The van der Waals surface area contributed by atoms with E-state index in [9.17, 15) is 0 Å². The molecule has 0 bridgehead atoms. The van der Waals surface area contributed by atoms with Crippen LogP contribution in [-0.2, 0) is 0 Å². The molecule has 3 atom stereocenters. The zero-order valence-electron chi connectivity index (χ0n) is 14.4. The summed E-state index contributed by atoms with van der Waals surface area (Å²) < 4.78 is 0. The largest absolute Gasteiger partial charge is 0.326 e. The summed E-state index contributed by atoms with van der Waals surface area (Å²) in [5.41, 5.74) is 2.02. The molecule has 4 heterocycles. The van der Waals surface area contributed by atoms with Crippen molar-refractivity contribution in [1.82, 2.24) is 4.98 Å². The number of aromatic nitrogens is 1. The number of allylic oxidation sites excluding steroid dienone is 1. The van der Waals surface area contributed by atoms with Crippen molar-refractivity contribution in [2.24, 2.45) is 15.9 Å². The SMILES string of the molecule is CN=C1Nc2ncccc2C(c2cccs2)=NC1C1=CC(C)C(C)S1.[HH]. The van der Waals surface area contributed by atoms with Crippen molar-refractivity contribution < 1.29 is 1.43 Å². The topological polar surface area (TPSA) is 49.6 Å². The van der Waals surface area contributed by atoms with E-state index in [0.29, 0.717) is 11.2 Å². The van der Waals surface area contributed by atoms with Crippen LogP contribution in [0.3, 0.4) is 0 Å². The Bertz CT molecular complexity index is 873. The third-order valence-corrected chi connectivity index (χ3v) is 6.89. The maximum absolute atomic E-state index is 5.17. The molecule has 0 aromatic carbocycles. The second-order valence-electron chi connectivity index (χ2n) is 6.24. The van der Waals surface area contributed by atoms with E-state index >= 15 is 0 Å². The summed E-state index contributed by atoms with van der Waals surface area (Å²) in [5, 5.41) is 6.09. The molecule has 1 N–H and O–H groups in total. The van der Waals surface area contributed by atoms with Crippen LogP contribution in [0.2, 0.25) is 0 Å². The van der Waals surface area contributed by atoms with Gasteiger partial charge in [0.1, 0.15) is 17.7 Å². The number of aliphatic imine (C=N–C) groups is 2. The molecule has 4 rings (SSSR count). The third-order valence-electron chi connectivity index (χ3n) is 4.58. The van der Waals surface area contributed by atoms with Gasteiger partial charge in [0.15, 0.2) is 0 Å². The van der Waals surface area contributed by atoms with E-state index in [0.717, 1.165) is 27.8 Å². The van der Waals surface area contributed by atoms with Gasteiger partial charge in [-0.1, -0.05) is 26.0 Å². The van der Waals surface area contributed by atoms with Crippen LogP contribution in [-0.4, -0.2) is 34.9 Å². The number of pyridine rings is 1. The summed E-state index contributed by atoms with van der Waals surface area (Å²) >= 11 is 3.61. The average molecular weight is 371 g/mol. The number of amidine groups is 1. The number of anilines is 1. The first kappa shape index (κ1) is 16.5. The summed E-state index contributed by atoms with van der Waals surface area (Å²) in [6.45, 7) is 4.53. The molecule has 0 aliphatic carbocycles. The fourth-order valence-electron chi connectivity index (χ4n) is 3.04. The Labute approximate surface area is 157 Å². The monoisotopic (exact) mass is 370 g/mol. The standard InChI is InChI=1S/C19H20N4S2.H2/c1-11-10-15(25-12(11)2)17-19(20-3)23-18-13(6-4-8-21-18)16(22-17)14-7-5-9-24-14;/h4-12,17H,1-3H3,(H,20,21,23);1H.